The maximum atomic E-state index is 13.3. The van der Waals surface area contributed by atoms with Crippen LogP contribution in [0.25, 0.3) is 0 Å². The third-order valence-electron chi connectivity index (χ3n) is 4.86. The number of hydrogen-bond donors (Lipinski definition) is 0. The second kappa shape index (κ2) is 8.56. The summed E-state index contributed by atoms with van der Waals surface area (Å²) in [6, 6.07) is 17.2. The first-order valence-electron chi connectivity index (χ1n) is 9.23. The fraction of sp³-hybridized carbons (Fsp3) is 0.333. The van der Waals surface area contributed by atoms with Gasteiger partial charge in [0.1, 0.15) is 0 Å². The van der Waals surface area contributed by atoms with Crippen molar-refractivity contribution in [3.05, 3.63) is 66.2 Å². The van der Waals surface area contributed by atoms with Gasteiger partial charge in [0.15, 0.2) is 15.1 Å². The largest absolute Gasteiger partial charge is 0.466 e. The first-order chi connectivity index (χ1) is 13.4. The molecule has 2 atom stereocenters. The Morgan fingerprint density at radius 1 is 1.07 bits per heavy atom. The van der Waals surface area contributed by atoms with Crippen LogP contribution in [0.15, 0.2) is 65.6 Å². The topological polar surface area (TPSA) is 80.8 Å². The van der Waals surface area contributed by atoms with Gasteiger partial charge in [-0.15, -0.1) is 0 Å². The maximum absolute atomic E-state index is 13.3. The molecule has 0 spiro atoms. The van der Waals surface area contributed by atoms with Crippen LogP contribution in [0.1, 0.15) is 24.8 Å². The first-order valence-corrected chi connectivity index (χ1v) is 10.8. The van der Waals surface area contributed by atoms with Crippen molar-refractivity contribution in [2.45, 2.75) is 29.4 Å². The van der Waals surface area contributed by atoms with Gasteiger partial charge in [-0.05, 0) is 24.6 Å². The summed E-state index contributed by atoms with van der Waals surface area (Å²) in [5, 5.41) is -1.21. The van der Waals surface area contributed by atoms with Crippen LogP contribution in [-0.2, 0) is 24.2 Å². The molecule has 2 aromatic rings. The van der Waals surface area contributed by atoms with Gasteiger partial charge in [0.25, 0.3) is 0 Å². The number of carbonyl (C=O) groups excluding carboxylic acids is 2. The number of sulfone groups is 1. The van der Waals surface area contributed by atoms with E-state index in [4.69, 9.17) is 4.74 Å². The summed E-state index contributed by atoms with van der Waals surface area (Å²) in [4.78, 5) is 26.3. The number of esters is 1. The van der Waals surface area contributed by atoms with Crippen LogP contribution in [0, 0.1) is 0 Å². The smallest absolute Gasteiger partial charge is 0.307 e. The molecule has 148 valence electrons. The van der Waals surface area contributed by atoms with Gasteiger partial charge in [-0.1, -0.05) is 48.5 Å². The van der Waals surface area contributed by atoms with Crippen LogP contribution in [0.2, 0.25) is 0 Å². The molecule has 0 aromatic heterocycles. The SMILES string of the molecule is CCOC(=O)CCN1CC(c2ccccc2)[C@H](S(=O)(=O)c2ccccc2)C1=O. The molecule has 0 bridgehead atoms. The van der Waals surface area contributed by atoms with Crippen LogP contribution in [-0.4, -0.2) is 50.1 Å². The minimum Gasteiger partial charge on any atom is -0.466 e. The van der Waals surface area contributed by atoms with E-state index < -0.39 is 32.9 Å². The van der Waals surface area contributed by atoms with E-state index in [1.54, 1.807) is 25.1 Å². The Bertz CT molecular complexity index is 928. The predicted octanol–water partition coefficient (Wildman–Crippen LogP) is 2.41. The molecule has 0 aliphatic carbocycles. The lowest BCUT2D eigenvalue weighted by molar-refractivity contribution is -0.143. The maximum Gasteiger partial charge on any atom is 0.307 e. The number of benzene rings is 2. The highest BCUT2D eigenvalue weighted by molar-refractivity contribution is 7.92. The monoisotopic (exact) mass is 401 g/mol. The van der Waals surface area contributed by atoms with Gasteiger partial charge in [0, 0.05) is 19.0 Å². The van der Waals surface area contributed by atoms with Crippen molar-refractivity contribution in [1.29, 1.82) is 0 Å². The molecule has 1 heterocycles. The van der Waals surface area contributed by atoms with E-state index in [0.717, 1.165) is 5.56 Å². The fourth-order valence-corrected chi connectivity index (χ4v) is 5.44. The highest BCUT2D eigenvalue weighted by Gasteiger charge is 2.49. The zero-order chi connectivity index (χ0) is 20.1. The number of ether oxygens (including phenoxy) is 1. The number of hydrogen-bond acceptors (Lipinski definition) is 5. The molecule has 0 saturated carbocycles. The first kappa shape index (κ1) is 20.1. The van der Waals surface area contributed by atoms with Crippen LogP contribution in [0.5, 0.6) is 0 Å². The van der Waals surface area contributed by atoms with Crippen molar-refractivity contribution in [2.75, 3.05) is 19.7 Å². The predicted molar refractivity (Wildman–Crippen MR) is 104 cm³/mol. The summed E-state index contributed by atoms with van der Waals surface area (Å²) in [6.07, 6.45) is 0.0409. The van der Waals surface area contributed by atoms with Crippen LogP contribution < -0.4 is 0 Å². The molecule has 1 amide bonds. The molecule has 28 heavy (non-hydrogen) atoms. The van der Waals surface area contributed by atoms with Crippen molar-refractivity contribution < 1.29 is 22.7 Å². The average Bonchev–Trinajstić information content (AvgIpc) is 3.05. The fourth-order valence-electron chi connectivity index (χ4n) is 3.52. The van der Waals surface area contributed by atoms with E-state index in [-0.39, 0.29) is 31.0 Å². The Morgan fingerprint density at radius 2 is 1.68 bits per heavy atom. The minimum absolute atomic E-state index is 0.0409. The zero-order valence-electron chi connectivity index (χ0n) is 15.7. The Kier molecular flexibility index (Phi) is 6.14. The van der Waals surface area contributed by atoms with Crippen LogP contribution in [0.3, 0.4) is 0 Å². The zero-order valence-corrected chi connectivity index (χ0v) is 16.5. The van der Waals surface area contributed by atoms with Gasteiger partial charge >= 0.3 is 5.97 Å². The Balaban J connectivity index is 1.92. The molecule has 1 aliphatic rings. The molecule has 1 aliphatic heterocycles. The summed E-state index contributed by atoms with van der Waals surface area (Å²) in [7, 11) is -3.87. The average molecular weight is 401 g/mol. The van der Waals surface area contributed by atoms with Crippen molar-refractivity contribution in [3.8, 4) is 0 Å². The lowest BCUT2D eigenvalue weighted by Crippen LogP contribution is -2.36. The lowest BCUT2D eigenvalue weighted by Gasteiger charge is -2.17. The van der Waals surface area contributed by atoms with Gasteiger partial charge in [-0.25, -0.2) is 8.42 Å². The van der Waals surface area contributed by atoms with E-state index in [9.17, 15) is 18.0 Å². The standard InChI is InChI=1S/C21H23NO5S/c1-2-27-19(23)13-14-22-15-18(16-9-5-3-6-10-16)20(21(22)24)28(25,26)17-11-7-4-8-12-17/h3-12,18,20H,2,13-15H2,1H3/t18?,20-/m0/s1. The molecule has 2 aromatic carbocycles. The Hall–Kier alpha value is -2.67. The van der Waals surface area contributed by atoms with Gasteiger partial charge < -0.3 is 9.64 Å². The highest BCUT2D eigenvalue weighted by Crippen LogP contribution is 2.36. The molecule has 1 fully saturated rings. The van der Waals surface area contributed by atoms with E-state index in [1.807, 2.05) is 30.3 Å². The summed E-state index contributed by atoms with van der Waals surface area (Å²) in [6.45, 7) is 2.37. The molecule has 3 rings (SSSR count). The Morgan fingerprint density at radius 3 is 2.29 bits per heavy atom. The van der Waals surface area contributed by atoms with Crippen LogP contribution in [0.4, 0.5) is 0 Å². The minimum atomic E-state index is -3.87. The van der Waals surface area contributed by atoms with Crippen molar-refractivity contribution in [3.63, 3.8) is 0 Å². The summed E-state index contributed by atoms with van der Waals surface area (Å²) in [5.74, 6) is -1.37. The van der Waals surface area contributed by atoms with E-state index >= 15 is 0 Å². The van der Waals surface area contributed by atoms with Gasteiger partial charge in [-0.2, -0.15) is 0 Å². The lowest BCUT2D eigenvalue weighted by atomic mass is 9.98. The molecule has 0 N–H and O–H groups in total. The third-order valence-corrected chi connectivity index (χ3v) is 6.99. The van der Waals surface area contributed by atoms with Crippen molar-refractivity contribution in [1.82, 2.24) is 4.90 Å². The quantitative estimate of drug-likeness (QED) is 0.666. The summed E-state index contributed by atoms with van der Waals surface area (Å²) in [5.41, 5.74) is 0.791. The highest BCUT2D eigenvalue weighted by atomic mass is 32.2. The number of rotatable bonds is 7. The van der Waals surface area contributed by atoms with Gasteiger partial charge in [0.2, 0.25) is 5.91 Å². The molecule has 1 unspecified atom stereocenters. The van der Waals surface area contributed by atoms with E-state index in [0.29, 0.717) is 0 Å². The number of nitrogens with zero attached hydrogens (tertiary/aromatic N) is 1. The van der Waals surface area contributed by atoms with Gasteiger partial charge in [-0.3, -0.25) is 9.59 Å². The molecule has 1 saturated heterocycles. The van der Waals surface area contributed by atoms with Crippen molar-refractivity contribution in [2.24, 2.45) is 0 Å². The van der Waals surface area contributed by atoms with Crippen molar-refractivity contribution >= 4 is 21.7 Å². The van der Waals surface area contributed by atoms with E-state index in [1.165, 1.54) is 17.0 Å². The van der Waals surface area contributed by atoms with Crippen LogP contribution >= 0.6 is 0 Å². The molecule has 7 heteroatoms. The number of carbonyl (C=O) groups is 2. The van der Waals surface area contributed by atoms with Gasteiger partial charge in [0.05, 0.1) is 17.9 Å². The number of amides is 1. The molecular formula is C21H23NO5S. The summed E-state index contributed by atoms with van der Waals surface area (Å²) >= 11 is 0. The third kappa shape index (κ3) is 4.09. The Labute approximate surface area is 165 Å². The normalized spacial score (nSPS) is 19.6. The summed E-state index contributed by atoms with van der Waals surface area (Å²) < 4.78 is 31.5. The number of likely N-dealkylation sites (tertiary alicyclic amines) is 1. The molecular weight excluding hydrogens is 378 g/mol. The van der Waals surface area contributed by atoms with E-state index in [2.05, 4.69) is 0 Å². The molecule has 0 radical (unpaired) electrons. The second-order valence-electron chi connectivity index (χ2n) is 6.64. The second-order valence-corrected chi connectivity index (χ2v) is 8.70. The molecule has 6 nitrogen and oxygen atoms in total.